The van der Waals surface area contributed by atoms with Crippen molar-refractivity contribution < 1.29 is 24.0 Å². The van der Waals surface area contributed by atoms with Gasteiger partial charge >= 0.3 is 11.9 Å². The van der Waals surface area contributed by atoms with Crippen molar-refractivity contribution in [2.75, 3.05) is 11.4 Å². The Labute approximate surface area is 156 Å². The van der Waals surface area contributed by atoms with Gasteiger partial charge in [0.15, 0.2) is 5.41 Å². The Bertz CT molecular complexity index is 829. The number of hydrogen-bond acceptors (Lipinski definition) is 7. The number of hydrogen-bond donors (Lipinski definition) is 0. The van der Waals surface area contributed by atoms with Crippen molar-refractivity contribution >= 4 is 23.3 Å². The van der Waals surface area contributed by atoms with Gasteiger partial charge in [0.2, 0.25) is 0 Å². The highest BCUT2D eigenvalue weighted by atomic mass is 16.7. The number of non-ortho nitro benzene ring substituents is 1. The largest absolute Gasteiger partial charge is 0.422 e. The summed E-state index contributed by atoms with van der Waals surface area (Å²) in [5.74, 6) is -2.18. The Kier molecular flexibility index (Phi) is 3.73. The third-order valence-corrected chi connectivity index (χ3v) is 5.89. The van der Waals surface area contributed by atoms with Crippen LogP contribution in [0.15, 0.2) is 18.2 Å². The number of nitro groups is 1. The van der Waals surface area contributed by atoms with Gasteiger partial charge in [0.1, 0.15) is 0 Å². The average molecular weight is 374 g/mol. The number of rotatable bonds is 1. The summed E-state index contributed by atoms with van der Waals surface area (Å²) >= 11 is 0. The van der Waals surface area contributed by atoms with Crippen LogP contribution in [-0.4, -0.2) is 35.2 Å². The number of fused-ring (bicyclic) bond motifs is 4. The zero-order chi connectivity index (χ0) is 19.6. The second-order valence-corrected chi connectivity index (χ2v) is 8.24. The molecule has 1 aromatic carbocycles. The standard InChI is InChI=1S/C19H22N2O6/c1-11-6-7-20-14-5-4-13(21(24)25)9-12(14)10-19(15(20)8-11)16(22)26-18(2,3)27-17(19)23/h4-5,9,11,15H,6-8,10H2,1-3H3/t11-,15+/m1/s1. The second kappa shape index (κ2) is 5.68. The normalized spacial score (nSPS) is 28.0. The molecule has 0 N–H and O–H groups in total. The molecule has 0 radical (unpaired) electrons. The quantitative estimate of drug-likeness (QED) is 0.322. The Morgan fingerprint density at radius 1 is 1.22 bits per heavy atom. The van der Waals surface area contributed by atoms with E-state index in [0.29, 0.717) is 24.4 Å². The maximum atomic E-state index is 13.1. The van der Waals surface area contributed by atoms with Gasteiger partial charge in [-0.1, -0.05) is 6.92 Å². The van der Waals surface area contributed by atoms with E-state index in [2.05, 4.69) is 6.92 Å². The Hall–Kier alpha value is -2.64. The summed E-state index contributed by atoms with van der Waals surface area (Å²) in [6.45, 7) is 5.82. The molecular formula is C19H22N2O6. The summed E-state index contributed by atoms with van der Waals surface area (Å²) in [6, 6.07) is 4.25. The molecule has 0 bridgehead atoms. The van der Waals surface area contributed by atoms with Crippen LogP contribution in [0.4, 0.5) is 11.4 Å². The molecule has 3 aliphatic heterocycles. The molecule has 0 amide bonds. The lowest BCUT2D eigenvalue weighted by atomic mass is 9.66. The summed E-state index contributed by atoms with van der Waals surface area (Å²) in [7, 11) is 0. The van der Waals surface area contributed by atoms with E-state index in [4.69, 9.17) is 9.47 Å². The zero-order valence-corrected chi connectivity index (χ0v) is 15.6. The van der Waals surface area contributed by atoms with Crippen molar-refractivity contribution in [2.45, 2.75) is 51.9 Å². The van der Waals surface area contributed by atoms with Gasteiger partial charge in [0, 0.05) is 44.6 Å². The minimum Gasteiger partial charge on any atom is -0.422 e. The predicted molar refractivity (Wildman–Crippen MR) is 95.0 cm³/mol. The molecule has 0 saturated carbocycles. The maximum Gasteiger partial charge on any atom is 0.329 e. The lowest BCUT2D eigenvalue weighted by Crippen LogP contribution is -2.67. The monoisotopic (exact) mass is 374 g/mol. The molecule has 8 nitrogen and oxygen atoms in total. The molecule has 0 aromatic heterocycles. The summed E-state index contributed by atoms with van der Waals surface area (Å²) < 4.78 is 10.9. The lowest BCUT2D eigenvalue weighted by Gasteiger charge is -2.54. The SMILES string of the molecule is C[C@@H]1CCN2c3ccc([N+](=O)[O-])cc3CC3(C(=O)OC(C)(C)OC3=O)[C@@H]2C1. The number of benzene rings is 1. The lowest BCUT2D eigenvalue weighted by molar-refractivity contribution is -0.384. The van der Waals surface area contributed by atoms with Crippen molar-refractivity contribution in [1.29, 1.82) is 0 Å². The predicted octanol–water partition coefficient (Wildman–Crippen LogP) is 2.58. The van der Waals surface area contributed by atoms with Crippen LogP contribution in [0.5, 0.6) is 0 Å². The molecule has 0 aliphatic carbocycles. The molecule has 27 heavy (non-hydrogen) atoms. The van der Waals surface area contributed by atoms with E-state index in [0.717, 1.165) is 12.1 Å². The van der Waals surface area contributed by atoms with E-state index in [1.807, 2.05) is 4.90 Å². The zero-order valence-electron chi connectivity index (χ0n) is 15.6. The highest BCUT2D eigenvalue weighted by molar-refractivity contribution is 6.04. The van der Waals surface area contributed by atoms with Gasteiger partial charge in [0.05, 0.1) is 11.0 Å². The number of cyclic esters (lactones) is 2. The topological polar surface area (TPSA) is 99.0 Å². The smallest absolute Gasteiger partial charge is 0.329 e. The van der Waals surface area contributed by atoms with E-state index < -0.39 is 28.1 Å². The molecule has 2 fully saturated rings. The Morgan fingerprint density at radius 2 is 1.89 bits per heavy atom. The van der Waals surface area contributed by atoms with E-state index in [1.165, 1.54) is 26.0 Å². The van der Waals surface area contributed by atoms with Crippen LogP contribution in [0.25, 0.3) is 0 Å². The molecule has 1 spiro atoms. The first-order chi connectivity index (χ1) is 12.6. The molecule has 8 heteroatoms. The Balaban J connectivity index is 1.87. The number of piperidine rings is 1. The van der Waals surface area contributed by atoms with Crippen molar-refractivity contribution in [3.05, 3.63) is 33.9 Å². The van der Waals surface area contributed by atoms with Gasteiger partial charge in [-0.05, 0) is 30.4 Å². The van der Waals surface area contributed by atoms with Crippen molar-refractivity contribution in [3.8, 4) is 0 Å². The van der Waals surface area contributed by atoms with Crippen molar-refractivity contribution in [1.82, 2.24) is 0 Å². The molecule has 1 aromatic rings. The fourth-order valence-corrected chi connectivity index (χ4v) is 4.57. The molecule has 4 rings (SSSR count). The molecule has 144 valence electrons. The third kappa shape index (κ3) is 2.57. The maximum absolute atomic E-state index is 13.1. The van der Waals surface area contributed by atoms with Gasteiger partial charge in [-0.3, -0.25) is 19.7 Å². The number of nitro benzene ring substituents is 1. The van der Waals surface area contributed by atoms with Crippen molar-refractivity contribution in [2.24, 2.45) is 11.3 Å². The van der Waals surface area contributed by atoms with Crippen LogP contribution in [0.1, 0.15) is 39.2 Å². The number of carbonyl (C=O) groups is 2. The molecule has 3 heterocycles. The second-order valence-electron chi connectivity index (χ2n) is 8.24. The molecule has 0 unspecified atom stereocenters. The first kappa shape index (κ1) is 17.8. The summed E-state index contributed by atoms with van der Waals surface area (Å²) in [4.78, 5) is 39.0. The number of nitrogens with zero attached hydrogens (tertiary/aromatic N) is 2. The molecule has 3 aliphatic rings. The van der Waals surface area contributed by atoms with Crippen LogP contribution < -0.4 is 4.90 Å². The summed E-state index contributed by atoms with van der Waals surface area (Å²) in [5, 5.41) is 11.2. The summed E-state index contributed by atoms with van der Waals surface area (Å²) in [5.41, 5.74) is -0.116. The van der Waals surface area contributed by atoms with Crippen LogP contribution >= 0.6 is 0 Å². The average Bonchev–Trinajstić information content (AvgIpc) is 2.58. The minimum absolute atomic E-state index is 0.0473. The third-order valence-electron chi connectivity index (χ3n) is 5.89. The van der Waals surface area contributed by atoms with E-state index in [1.54, 1.807) is 6.07 Å². The van der Waals surface area contributed by atoms with E-state index in [9.17, 15) is 19.7 Å². The number of esters is 2. The van der Waals surface area contributed by atoms with Crippen LogP contribution in [0.2, 0.25) is 0 Å². The number of carbonyl (C=O) groups excluding carboxylic acids is 2. The molecule has 2 atom stereocenters. The highest BCUT2D eigenvalue weighted by Crippen LogP contribution is 2.50. The van der Waals surface area contributed by atoms with Gasteiger partial charge < -0.3 is 14.4 Å². The van der Waals surface area contributed by atoms with Crippen LogP contribution in [0.3, 0.4) is 0 Å². The number of anilines is 1. The van der Waals surface area contributed by atoms with Gasteiger partial charge in [-0.2, -0.15) is 0 Å². The highest BCUT2D eigenvalue weighted by Gasteiger charge is 2.64. The van der Waals surface area contributed by atoms with E-state index >= 15 is 0 Å². The van der Waals surface area contributed by atoms with Crippen LogP contribution in [0, 0.1) is 21.4 Å². The Morgan fingerprint density at radius 3 is 2.52 bits per heavy atom. The van der Waals surface area contributed by atoms with Crippen LogP contribution in [-0.2, 0) is 25.5 Å². The molecule has 2 saturated heterocycles. The minimum atomic E-state index is -1.49. The fourth-order valence-electron chi connectivity index (χ4n) is 4.57. The van der Waals surface area contributed by atoms with Gasteiger partial charge in [0.25, 0.3) is 11.5 Å². The van der Waals surface area contributed by atoms with E-state index in [-0.39, 0.29) is 18.2 Å². The fraction of sp³-hybridized carbons (Fsp3) is 0.579. The van der Waals surface area contributed by atoms with Gasteiger partial charge in [-0.15, -0.1) is 0 Å². The first-order valence-corrected chi connectivity index (χ1v) is 9.15. The number of ether oxygens (including phenoxy) is 2. The summed E-state index contributed by atoms with van der Waals surface area (Å²) in [6.07, 6.45) is 1.62. The van der Waals surface area contributed by atoms with Crippen molar-refractivity contribution in [3.63, 3.8) is 0 Å². The van der Waals surface area contributed by atoms with Gasteiger partial charge in [-0.25, -0.2) is 0 Å². The first-order valence-electron chi connectivity index (χ1n) is 9.15. The molecular weight excluding hydrogens is 352 g/mol.